The molecule has 0 aromatic heterocycles. The van der Waals surface area contributed by atoms with Crippen LogP contribution in [0.15, 0.2) is 11.8 Å². The molecule has 152 valence electrons. The average molecular weight is 382 g/mol. The van der Waals surface area contributed by atoms with E-state index in [0.717, 1.165) is 0 Å². The van der Waals surface area contributed by atoms with Crippen LogP contribution in [0.5, 0.6) is 0 Å². The van der Waals surface area contributed by atoms with E-state index >= 15 is 0 Å². The second-order valence-electron chi connectivity index (χ2n) is 6.80. The third-order valence-electron chi connectivity index (χ3n) is 4.23. The van der Waals surface area contributed by atoms with Gasteiger partial charge in [-0.1, -0.05) is 26.8 Å². The molecule has 0 aliphatic carbocycles. The zero-order valence-electron chi connectivity index (χ0n) is 16.7. The Morgan fingerprint density at radius 1 is 1.07 bits per heavy atom. The summed E-state index contributed by atoms with van der Waals surface area (Å²) in [6, 6.07) is -2.58. The molecule has 9 nitrogen and oxygen atoms in total. The number of carbonyl (C=O) groups excluding carboxylic acids is 4. The van der Waals surface area contributed by atoms with Crippen LogP contribution in [0.2, 0.25) is 0 Å². The van der Waals surface area contributed by atoms with Gasteiger partial charge in [-0.05, 0) is 33.2 Å². The van der Waals surface area contributed by atoms with Crippen LogP contribution >= 0.6 is 0 Å². The van der Waals surface area contributed by atoms with Gasteiger partial charge in [0, 0.05) is 0 Å². The van der Waals surface area contributed by atoms with E-state index in [0.29, 0.717) is 6.54 Å². The number of cyclic esters (lactones) is 1. The van der Waals surface area contributed by atoms with Crippen molar-refractivity contribution in [3.05, 3.63) is 11.8 Å². The molecule has 0 aromatic carbocycles. The van der Waals surface area contributed by atoms with Gasteiger partial charge in [0.2, 0.25) is 17.7 Å². The van der Waals surface area contributed by atoms with Crippen molar-refractivity contribution in [3.63, 3.8) is 0 Å². The van der Waals surface area contributed by atoms with Crippen molar-refractivity contribution in [2.45, 2.75) is 65.8 Å². The third-order valence-corrected chi connectivity index (χ3v) is 4.23. The Morgan fingerprint density at radius 3 is 2.22 bits per heavy atom. The molecular weight excluding hydrogens is 352 g/mol. The maximum Gasteiger partial charge on any atom is 0.354 e. The largest absolute Gasteiger partial charge is 0.456 e. The van der Waals surface area contributed by atoms with E-state index in [1.807, 2.05) is 6.92 Å². The minimum atomic E-state index is -0.902. The Morgan fingerprint density at radius 2 is 1.70 bits per heavy atom. The Balaban J connectivity index is 3.27. The van der Waals surface area contributed by atoms with Crippen LogP contribution in [-0.2, 0) is 23.9 Å². The second-order valence-corrected chi connectivity index (χ2v) is 6.80. The van der Waals surface area contributed by atoms with E-state index in [1.165, 1.54) is 13.0 Å². The topological polar surface area (TPSA) is 126 Å². The predicted octanol–water partition coefficient (Wildman–Crippen LogP) is -0.425. The lowest BCUT2D eigenvalue weighted by Gasteiger charge is -2.28. The number of carbonyl (C=O) groups is 4. The molecule has 0 unspecified atom stereocenters. The van der Waals surface area contributed by atoms with Crippen LogP contribution in [0.25, 0.3) is 0 Å². The summed E-state index contributed by atoms with van der Waals surface area (Å²) in [4.78, 5) is 50.0. The van der Waals surface area contributed by atoms with Gasteiger partial charge in [0.1, 0.15) is 29.9 Å². The van der Waals surface area contributed by atoms with E-state index in [-0.39, 0.29) is 11.6 Å². The molecule has 0 saturated carbocycles. The highest BCUT2D eigenvalue weighted by molar-refractivity contribution is 5.98. The quantitative estimate of drug-likeness (QED) is 0.388. The molecule has 0 spiro atoms. The van der Waals surface area contributed by atoms with Crippen LogP contribution < -0.4 is 21.3 Å². The van der Waals surface area contributed by atoms with Crippen LogP contribution in [0, 0.1) is 5.92 Å². The summed E-state index contributed by atoms with van der Waals surface area (Å²) >= 11 is 0. The highest BCUT2D eigenvalue weighted by Gasteiger charge is 2.34. The summed E-state index contributed by atoms with van der Waals surface area (Å²) in [6.45, 7) is 10.5. The zero-order valence-corrected chi connectivity index (χ0v) is 16.7. The number of nitrogens with one attached hydrogen (secondary N) is 4. The van der Waals surface area contributed by atoms with Gasteiger partial charge in [-0.25, -0.2) is 4.79 Å². The fraction of sp³-hybridized carbons (Fsp3) is 0.667. The SMILES string of the molecule is C/C=C1\NC(=O)[C@H](C)NC(=O)[C@H](C(C)C)NC(=O)[C@H](NCC)[C@@H](C)OC1=O. The van der Waals surface area contributed by atoms with Gasteiger partial charge < -0.3 is 26.0 Å². The summed E-state index contributed by atoms with van der Waals surface area (Å²) in [7, 11) is 0. The molecule has 1 rings (SSSR count). The van der Waals surface area contributed by atoms with E-state index in [9.17, 15) is 19.2 Å². The summed E-state index contributed by atoms with van der Waals surface area (Å²) in [5.41, 5.74) is -0.0525. The van der Waals surface area contributed by atoms with Crippen LogP contribution in [-0.4, -0.2) is 54.5 Å². The Kier molecular flexibility index (Phi) is 8.42. The van der Waals surface area contributed by atoms with Gasteiger partial charge in [0.25, 0.3) is 0 Å². The van der Waals surface area contributed by atoms with Crippen LogP contribution in [0.1, 0.15) is 41.5 Å². The first-order valence-electron chi connectivity index (χ1n) is 9.14. The molecule has 4 atom stereocenters. The maximum atomic E-state index is 12.7. The normalized spacial score (nSPS) is 29.8. The number of amides is 3. The Labute approximate surface area is 159 Å². The van der Waals surface area contributed by atoms with E-state index < -0.39 is 47.9 Å². The molecule has 0 radical (unpaired) electrons. The van der Waals surface area contributed by atoms with Gasteiger partial charge in [0.05, 0.1) is 0 Å². The molecule has 1 aliphatic heterocycles. The third kappa shape index (κ3) is 6.06. The first-order chi connectivity index (χ1) is 12.6. The van der Waals surface area contributed by atoms with Gasteiger partial charge in [-0.3, -0.25) is 14.4 Å². The molecule has 27 heavy (non-hydrogen) atoms. The lowest BCUT2D eigenvalue weighted by atomic mass is 10.0. The molecule has 1 aliphatic rings. The molecule has 1 heterocycles. The number of rotatable bonds is 3. The van der Waals surface area contributed by atoms with Crippen molar-refractivity contribution in [2.24, 2.45) is 5.92 Å². The lowest BCUT2D eigenvalue weighted by molar-refractivity contribution is -0.148. The maximum absolute atomic E-state index is 12.7. The number of esters is 1. The number of allylic oxidation sites excluding steroid dienone is 1. The van der Waals surface area contributed by atoms with Crippen molar-refractivity contribution in [1.82, 2.24) is 21.3 Å². The van der Waals surface area contributed by atoms with Crippen LogP contribution in [0.3, 0.4) is 0 Å². The first-order valence-corrected chi connectivity index (χ1v) is 9.14. The van der Waals surface area contributed by atoms with Gasteiger partial charge >= 0.3 is 5.97 Å². The van der Waals surface area contributed by atoms with E-state index in [1.54, 1.807) is 27.7 Å². The molecule has 0 bridgehead atoms. The molecular formula is C18H30N4O5. The molecule has 1 saturated heterocycles. The monoisotopic (exact) mass is 382 g/mol. The molecule has 4 N–H and O–H groups in total. The van der Waals surface area contributed by atoms with Gasteiger partial charge in [-0.2, -0.15) is 0 Å². The van der Waals surface area contributed by atoms with E-state index in [2.05, 4.69) is 21.3 Å². The fourth-order valence-corrected chi connectivity index (χ4v) is 2.62. The zero-order chi connectivity index (χ0) is 20.7. The molecule has 0 aromatic rings. The summed E-state index contributed by atoms with van der Waals surface area (Å²) in [6.07, 6.45) is 0.582. The number of hydrogen-bond donors (Lipinski definition) is 4. The minimum Gasteiger partial charge on any atom is -0.456 e. The molecule has 3 amide bonds. The second kappa shape index (κ2) is 10.1. The lowest BCUT2D eigenvalue weighted by Crippen LogP contribution is -2.59. The van der Waals surface area contributed by atoms with Gasteiger partial charge in [0.15, 0.2) is 0 Å². The molecule has 9 heteroatoms. The smallest absolute Gasteiger partial charge is 0.354 e. The Hall–Kier alpha value is -2.42. The van der Waals surface area contributed by atoms with Gasteiger partial charge in [-0.15, -0.1) is 0 Å². The highest BCUT2D eigenvalue weighted by Crippen LogP contribution is 2.09. The number of likely N-dealkylation sites (N-methyl/N-ethyl adjacent to an activating group) is 1. The Bertz CT molecular complexity index is 617. The first kappa shape index (κ1) is 22.6. The highest BCUT2D eigenvalue weighted by atomic mass is 16.5. The van der Waals surface area contributed by atoms with Crippen molar-refractivity contribution in [1.29, 1.82) is 0 Å². The predicted molar refractivity (Wildman–Crippen MR) is 99.3 cm³/mol. The summed E-state index contributed by atoms with van der Waals surface area (Å²) in [5.74, 6) is -2.46. The van der Waals surface area contributed by atoms with Crippen molar-refractivity contribution < 1.29 is 23.9 Å². The minimum absolute atomic E-state index is 0.0525. The van der Waals surface area contributed by atoms with Crippen molar-refractivity contribution in [2.75, 3.05) is 6.54 Å². The summed E-state index contributed by atoms with van der Waals surface area (Å²) < 4.78 is 5.36. The summed E-state index contributed by atoms with van der Waals surface area (Å²) in [5, 5.41) is 10.7. The number of ether oxygens (including phenoxy) is 1. The fourth-order valence-electron chi connectivity index (χ4n) is 2.62. The van der Waals surface area contributed by atoms with Crippen molar-refractivity contribution in [3.8, 4) is 0 Å². The average Bonchev–Trinajstić information content (AvgIpc) is 2.60. The number of hydrogen-bond acceptors (Lipinski definition) is 6. The van der Waals surface area contributed by atoms with Crippen LogP contribution in [0.4, 0.5) is 0 Å². The van der Waals surface area contributed by atoms with Crippen molar-refractivity contribution >= 4 is 23.7 Å². The molecule has 1 fully saturated rings. The van der Waals surface area contributed by atoms with E-state index in [4.69, 9.17) is 4.74 Å². The standard InChI is InChI=1S/C18H30N4O5/c1-7-12-18(26)27-11(6)14(19-8-2)17(25)22-13(9(3)4)16(24)20-10(5)15(23)21-12/h7,9-11,13-14,19H,8H2,1-6H3,(H,20,24)(H,21,23)(H,22,25)/b12-7-/t10-,11+,13-,14+/m0/s1.